The molecule has 3 aromatic heterocycles. The molecule has 1 amide bonds. The summed E-state index contributed by atoms with van der Waals surface area (Å²) >= 11 is 0. The van der Waals surface area contributed by atoms with Crippen LogP contribution in [0.2, 0.25) is 0 Å². The molecule has 2 aliphatic rings. The van der Waals surface area contributed by atoms with Gasteiger partial charge < -0.3 is 19.7 Å². The van der Waals surface area contributed by atoms with Crippen LogP contribution in [0.4, 0.5) is 5.82 Å². The quantitative estimate of drug-likeness (QED) is 0.342. The fraction of sp³-hybridized carbons (Fsp3) is 0.345. The first-order valence-corrected chi connectivity index (χ1v) is 13.5. The van der Waals surface area contributed by atoms with E-state index in [0.29, 0.717) is 25.5 Å². The fourth-order valence-corrected chi connectivity index (χ4v) is 5.15. The van der Waals surface area contributed by atoms with Crippen LogP contribution in [0.1, 0.15) is 23.2 Å². The van der Waals surface area contributed by atoms with Gasteiger partial charge in [0.1, 0.15) is 12.1 Å². The minimum atomic E-state index is 0.00599. The number of amides is 1. The molecule has 11 nitrogen and oxygen atoms in total. The summed E-state index contributed by atoms with van der Waals surface area (Å²) in [7, 11) is 0. The molecule has 4 aromatic rings. The molecule has 0 aliphatic carbocycles. The Morgan fingerprint density at radius 3 is 2.83 bits per heavy atom. The second kappa shape index (κ2) is 11.7. The van der Waals surface area contributed by atoms with E-state index in [1.54, 1.807) is 23.3 Å². The molecule has 1 N–H and O–H groups in total. The molecule has 1 atom stereocenters. The largest absolute Gasteiger partial charge is 0.454 e. The number of rotatable bonds is 9. The third kappa shape index (κ3) is 6.04. The number of carbonyl (C=O) groups excluding carboxylic acids is 1. The fourth-order valence-electron chi connectivity index (χ4n) is 5.15. The average molecular weight is 541 g/mol. The highest BCUT2D eigenvalue weighted by Gasteiger charge is 2.30. The second-order valence-electron chi connectivity index (χ2n) is 10.1. The van der Waals surface area contributed by atoms with Crippen molar-refractivity contribution in [2.45, 2.75) is 32.4 Å². The molecule has 11 heteroatoms. The number of aryl methyl sites for hydroxylation is 1. The van der Waals surface area contributed by atoms with Crippen molar-refractivity contribution in [2.75, 3.05) is 37.9 Å². The lowest BCUT2D eigenvalue weighted by Crippen LogP contribution is -2.54. The topological polar surface area (TPSA) is 111 Å². The van der Waals surface area contributed by atoms with Gasteiger partial charge in [-0.05, 0) is 42.7 Å². The summed E-state index contributed by atoms with van der Waals surface area (Å²) in [6.45, 7) is 5.78. The van der Waals surface area contributed by atoms with E-state index in [0.717, 1.165) is 60.2 Å². The Bertz CT molecular complexity index is 1450. The lowest BCUT2D eigenvalue weighted by atomic mass is 10.1. The van der Waals surface area contributed by atoms with Crippen molar-refractivity contribution in [1.82, 2.24) is 34.7 Å². The molecule has 0 bridgehead atoms. The highest BCUT2D eigenvalue weighted by molar-refractivity contribution is 5.76. The first-order valence-electron chi connectivity index (χ1n) is 13.5. The van der Waals surface area contributed by atoms with Gasteiger partial charge >= 0.3 is 0 Å². The van der Waals surface area contributed by atoms with E-state index in [1.807, 2.05) is 49.6 Å². The zero-order valence-electron chi connectivity index (χ0n) is 22.4. The molecule has 5 heterocycles. The maximum Gasteiger partial charge on any atom is 0.237 e. The third-order valence-corrected chi connectivity index (χ3v) is 7.20. The van der Waals surface area contributed by atoms with Gasteiger partial charge in [-0.1, -0.05) is 12.1 Å². The van der Waals surface area contributed by atoms with Crippen molar-refractivity contribution in [3.63, 3.8) is 0 Å². The highest BCUT2D eigenvalue weighted by atomic mass is 16.7. The third-order valence-electron chi connectivity index (χ3n) is 7.20. The number of nitrogens with zero attached hydrogens (tertiary/aromatic N) is 7. The van der Waals surface area contributed by atoms with Crippen molar-refractivity contribution in [3.05, 3.63) is 84.3 Å². The molecule has 1 aromatic carbocycles. The van der Waals surface area contributed by atoms with E-state index in [1.165, 1.54) is 0 Å². The molecule has 40 heavy (non-hydrogen) atoms. The molecule has 0 saturated carbocycles. The number of hydrogen-bond donors (Lipinski definition) is 1. The SMILES string of the molecule is Cc1cc(N2CCN(Cc3cccnc3)C(CC(=O)NCCc3ccc4c(c3)OCO4)C2)nc(-n2ccnc2)n1. The summed E-state index contributed by atoms with van der Waals surface area (Å²) in [6.07, 6.45) is 10.0. The van der Waals surface area contributed by atoms with Crippen LogP contribution in [0.3, 0.4) is 0 Å². The summed E-state index contributed by atoms with van der Waals surface area (Å²) < 4.78 is 12.7. The standard InChI is InChI=1S/C29H32N8O3/c1-21-13-27(34-29(33-21)37-10-9-31-19-37)36-12-11-35(17-23-3-2-7-30-16-23)24(18-36)15-28(38)32-8-6-22-4-5-25-26(14-22)40-20-39-25/h2-5,7,9-10,13-14,16,19,24H,6,8,11-12,15,17-18,20H2,1H3,(H,32,38). The number of carbonyl (C=O) groups is 1. The van der Waals surface area contributed by atoms with Crippen LogP contribution in [-0.4, -0.2) is 74.3 Å². The number of piperazine rings is 1. The van der Waals surface area contributed by atoms with Crippen LogP contribution in [0.15, 0.2) is 67.5 Å². The van der Waals surface area contributed by atoms with Gasteiger partial charge in [0.05, 0.1) is 0 Å². The van der Waals surface area contributed by atoms with Crippen molar-refractivity contribution < 1.29 is 14.3 Å². The number of fused-ring (bicyclic) bond motifs is 1. The summed E-state index contributed by atoms with van der Waals surface area (Å²) in [5.41, 5.74) is 3.10. The van der Waals surface area contributed by atoms with Crippen LogP contribution < -0.4 is 19.7 Å². The number of pyridine rings is 1. The van der Waals surface area contributed by atoms with Gasteiger partial charge in [-0.25, -0.2) is 9.97 Å². The Hall–Kier alpha value is -4.51. The average Bonchev–Trinajstić information content (AvgIpc) is 3.67. The minimum Gasteiger partial charge on any atom is -0.454 e. The number of nitrogens with one attached hydrogen (secondary N) is 1. The van der Waals surface area contributed by atoms with Crippen molar-refractivity contribution in [1.29, 1.82) is 0 Å². The second-order valence-corrected chi connectivity index (χ2v) is 10.1. The van der Waals surface area contributed by atoms with Crippen LogP contribution in [0, 0.1) is 6.92 Å². The summed E-state index contributed by atoms with van der Waals surface area (Å²) in [6, 6.07) is 11.9. The summed E-state index contributed by atoms with van der Waals surface area (Å²) in [5.74, 6) is 2.99. The predicted octanol–water partition coefficient (Wildman–Crippen LogP) is 2.53. The van der Waals surface area contributed by atoms with E-state index in [-0.39, 0.29) is 18.7 Å². The Morgan fingerprint density at radius 1 is 1.05 bits per heavy atom. The van der Waals surface area contributed by atoms with E-state index >= 15 is 0 Å². The van der Waals surface area contributed by atoms with Crippen molar-refractivity contribution in [3.8, 4) is 17.4 Å². The van der Waals surface area contributed by atoms with Crippen LogP contribution in [-0.2, 0) is 17.8 Å². The zero-order chi connectivity index (χ0) is 27.3. The number of aromatic nitrogens is 5. The van der Waals surface area contributed by atoms with E-state index in [2.05, 4.69) is 36.1 Å². The van der Waals surface area contributed by atoms with E-state index in [4.69, 9.17) is 14.5 Å². The minimum absolute atomic E-state index is 0.00599. The van der Waals surface area contributed by atoms with Gasteiger partial charge in [-0.2, -0.15) is 4.98 Å². The van der Waals surface area contributed by atoms with Crippen molar-refractivity contribution >= 4 is 11.7 Å². The first kappa shape index (κ1) is 25.8. The molecule has 1 fully saturated rings. The number of benzene rings is 1. The number of anilines is 1. The van der Waals surface area contributed by atoms with Crippen LogP contribution in [0.5, 0.6) is 11.5 Å². The van der Waals surface area contributed by atoms with Gasteiger partial charge in [0, 0.05) is 81.7 Å². The summed E-state index contributed by atoms with van der Waals surface area (Å²) in [4.78, 5) is 35.6. The van der Waals surface area contributed by atoms with Crippen LogP contribution in [0.25, 0.3) is 5.95 Å². The number of hydrogen-bond acceptors (Lipinski definition) is 9. The first-order chi connectivity index (χ1) is 19.6. The number of ether oxygens (including phenoxy) is 2. The van der Waals surface area contributed by atoms with Gasteiger partial charge in [-0.15, -0.1) is 0 Å². The normalized spacial score (nSPS) is 16.7. The molecular weight excluding hydrogens is 508 g/mol. The molecule has 1 saturated heterocycles. The maximum absolute atomic E-state index is 13.1. The Morgan fingerprint density at radius 2 is 1.98 bits per heavy atom. The zero-order valence-corrected chi connectivity index (χ0v) is 22.4. The smallest absolute Gasteiger partial charge is 0.237 e. The molecule has 0 spiro atoms. The van der Waals surface area contributed by atoms with Gasteiger partial charge in [0.15, 0.2) is 11.5 Å². The highest BCUT2D eigenvalue weighted by Crippen LogP contribution is 2.32. The lowest BCUT2D eigenvalue weighted by molar-refractivity contribution is -0.122. The van der Waals surface area contributed by atoms with Gasteiger partial charge in [-0.3, -0.25) is 19.2 Å². The maximum atomic E-state index is 13.1. The van der Waals surface area contributed by atoms with Gasteiger partial charge in [0.25, 0.3) is 0 Å². The Balaban J connectivity index is 1.13. The molecule has 0 radical (unpaired) electrons. The van der Waals surface area contributed by atoms with Gasteiger partial charge in [0.2, 0.25) is 18.6 Å². The monoisotopic (exact) mass is 540 g/mol. The molecule has 2 aliphatic heterocycles. The summed E-state index contributed by atoms with van der Waals surface area (Å²) in [5, 5.41) is 3.12. The Labute approximate surface area is 232 Å². The molecule has 206 valence electrons. The van der Waals surface area contributed by atoms with Crippen molar-refractivity contribution in [2.24, 2.45) is 0 Å². The lowest BCUT2D eigenvalue weighted by Gasteiger charge is -2.42. The number of imidazole rings is 1. The molecule has 6 rings (SSSR count). The van der Waals surface area contributed by atoms with E-state index < -0.39 is 0 Å². The molecule has 1 unspecified atom stereocenters. The Kier molecular flexibility index (Phi) is 7.53. The predicted molar refractivity (Wildman–Crippen MR) is 148 cm³/mol. The van der Waals surface area contributed by atoms with Crippen LogP contribution >= 0.6 is 0 Å². The van der Waals surface area contributed by atoms with E-state index in [9.17, 15) is 4.79 Å². The molecular formula is C29H32N8O3.